The molecule has 0 aromatic carbocycles. The Morgan fingerprint density at radius 3 is 2.68 bits per heavy atom. The van der Waals surface area contributed by atoms with Gasteiger partial charge in [-0.1, -0.05) is 25.5 Å². The molecule has 22 heavy (non-hydrogen) atoms. The van der Waals surface area contributed by atoms with Gasteiger partial charge in [-0.05, 0) is 85.9 Å². The van der Waals surface area contributed by atoms with Crippen molar-refractivity contribution in [1.82, 2.24) is 0 Å². The fourth-order valence-corrected chi connectivity index (χ4v) is 7.05. The molecule has 0 spiro atoms. The fraction of sp³-hybridized carbons (Fsp3) is 0.900. The standard InChI is InChI=1S/C20H32O2/c1-19-9-7-15(22)11-13(19)3-5-16-17-6-4-14(12-21)20(17,2)10-8-18(16)19/h3,14-18,21-22H,4-12H2,1-2H3/t14-,15-,16-,17+,18-,19-,20+/m0/s1. The first kappa shape index (κ1) is 15.2. The number of fused-ring (bicyclic) bond motifs is 5. The van der Waals surface area contributed by atoms with Gasteiger partial charge in [-0.15, -0.1) is 0 Å². The molecule has 0 unspecified atom stereocenters. The molecule has 2 N–H and O–H groups in total. The van der Waals surface area contributed by atoms with Crippen LogP contribution in [0, 0.1) is 34.5 Å². The van der Waals surface area contributed by atoms with Gasteiger partial charge in [0.05, 0.1) is 6.10 Å². The molecule has 2 nitrogen and oxygen atoms in total. The zero-order chi connectivity index (χ0) is 15.5. The summed E-state index contributed by atoms with van der Waals surface area (Å²) in [6.07, 6.45) is 11.9. The van der Waals surface area contributed by atoms with Crippen LogP contribution in [0.3, 0.4) is 0 Å². The van der Waals surface area contributed by atoms with Crippen LogP contribution in [0.15, 0.2) is 11.6 Å². The summed E-state index contributed by atoms with van der Waals surface area (Å²) in [5, 5.41) is 19.8. The summed E-state index contributed by atoms with van der Waals surface area (Å²) < 4.78 is 0. The lowest BCUT2D eigenvalue weighted by Crippen LogP contribution is -2.50. The zero-order valence-electron chi connectivity index (χ0n) is 14.2. The highest BCUT2D eigenvalue weighted by molar-refractivity contribution is 5.25. The van der Waals surface area contributed by atoms with Crippen molar-refractivity contribution >= 4 is 0 Å². The largest absolute Gasteiger partial charge is 0.396 e. The van der Waals surface area contributed by atoms with Crippen LogP contribution in [0.25, 0.3) is 0 Å². The number of aliphatic hydroxyl groups is 2. The maximum absolute atomic E-state index is 10.0. The summed E-state index contributed by atoms with van der Waals surface area (Å²) in [5.41, 5.74) is 2.29. The minimum absolute atomic E-state index is 0.102. The number of aliphatic hydroxyl groups excluding tert-OH is 2. The molecule has 2 heteroatoms. The zero-order valence-corrected chi connectivity index (χ0v) is 14.2. The van der Waals surface area contributed by atoms with Gasteiger partial charge in [-0.2, -0.15) is 0 Å². The van der Waals surface area contributed by atoms with Crippen molar-refractivity contribution in [2.75, 3.05) is 6.61 Å². The Labute approximate surface area is 135 Å². The predicted molar refractivity (Wildman–Crippen MR) is 88.3 cm³/mol. The van der Waals surface area contributed by atoms with Gasteiger partial charge in [0.1, 0.15) is 0 Å². The van der Waals surface area contributed by atoms with Crippen molar-refractivity contribution in [3.8, 4) is 0 Å². The van der Waals surface area contributed by atoms with E-state index in [0.717, 1.165) is 30.6 Å². The molecule has 0 radical (unpaired) electrons. The summed E-state index contributed by atoms with van der Waals surface area (Å²) in [7, 11) is 0. The van der Waals surface area contributed by atoms with Crippen molar-refractivity contribution in [2.24, 2.45) is 34.5 Å². The molecule has 124 valence electrons. The Morgan fingerprint density at radius 1 is 1.09 bits per heavy atom. The molecule has 3 saturated carbocycles. The highest BCUT2D eigenvalue weighted by Crippen LogP contribution is 2.66. The molecular formula is C20H32O2. The van der Waals surface area contributed by atoms with Gasteiger partial charge in [0.15, 0.2) is 0 Å². The third kappa shape index (κ3) is 1.92. The van der Waals surface area contributed by atoms with Crippen molar-refractivity contribution in [3.63, 3.8) is 0 Å². The average Bonchev–Trinajstić information content (AvgIpc) is 2.84. The summed E-state index contributed by atoms with van der Waals surface area (Å²) in [5.74, 6) is 2.98. The van der Waals surface area contributed by atoms with E-state index in [1.165, 1.54) is 38.5 Å². The molecule has 0 aromatic rings. The van der Waals surface area contributed by atoms with E-state index < -0.39 is 0 Å². The first-order valence-electron chi connectivity index (χ1n) is 9.47. The molecule has 0 heterocycles. The quantitative estimate of drug-likeness (QED) is 0.721. The molecule has 4 rings (SSSR count). The third-order valence-corrected chi connectivity index (χ3v) is 8.49. The summed E-state index contributed by atoms with van der Waals surface area (Å²) >= 11 is 0. The lowest BCUT2D eigenvalue weighted by molar-refractivity contribution is -0.0562. The van der Waals surface area contributed by atoms with Gasteiger partial charge < -0.3 is 10.2 Å². The van der Waals surface area contributed by atoms with Gasteiger partial charge in [0.2, 0.25) is 0 Å². The van der Waals surface area contributed by atoms with Crippen LogP contribution in [-0.4, -0.2) is 22.9 Å². The molecule has 3 fully saturated rings. The van der Waals surface area contributed by atoms with Gasteiger partial charge >= 0.3 is 0 Å². The van der Waals surface area contributed by atoms with Crippen LogP contribution in [-0.2, 0) is 0 Å². The van der Waals surface area contributed by atoms with Crippen molar-refractivity contribution in [2.45, 2.75) is 71.3 Å². The smallest absolute Gasteiger partial charge is 0.0577 e. The summed E-state index contributed by atoms with van der Waals surface area (Å²) in [6.45, 7) is 5.34. The third-order valence-electron chi connectivity index (χ3n) is 8.49. The Balaban J connectivity index is 1.66. The van der Waals surface area contributed by atoms with E-state index in [0.29, 0.717) is 23.4 Å². The summed E-state index contributed by atoms with van der Waals surface area (Å²) in [4.78, 5) is 0. The van der Waals surface area contributed by atoms with Crippen LogP contribution in [0.2, 0.25) is 0 Å². The molecule has 7 atom stereocenters. The molecule has 0 aliphatic heterocycles. The van der Waals surface area contributed by atoms with Gasteiger partial charge in [-0.25, -0.2) is 0 Å². The Hall–Kier alpha value is -0.340. The number of allylic oxidation sites excluding steroid dienone is 1. The highest BCUT2D eigenvalue weighted by Gasteiger charge is 2.58. The van der Waals surface area contributed by atoms with Crippen LogP contribution in [0.5, 0.6) is 0 Å². The second kappa shape index (κ2) is 5.08. The predicted octanol–water partition coefficient (Wildman–Crippen LogP) is 3.92. The second-order valence-corrected chi connectivity index (χ2v) is 9.16. The molecule has 0 bridgehead atoms. The van der Waals surface area contributed by atoms with E-state index in [2.05, 4.69) is 19.9 Å². The molecule has 0 amide bonds. The summed E-state index contributed by atoms with van der Waals surface area (Å²) in [6, 6.07) is 0. The first-order chi connectivity index (χ1) is 10.5. The number of hydrogen-bond donors (Lipinski definition) is 2. The molecular weight excluding hydrogens is 272 g/mol. The van der Waals surface area contributed by atoms with E-state index in [1.807, 2.05) is 0 Å². The fourth-order valence-electron chi connectivity index (χ4n) is 7.05. The van der Waals surface area contributed by atoms with E-state index in [9.17, 15) is 10.2 Å². The molecule has 4 aliphatic rings. The van der Waals surface area contributed by atoms with Gasteiger partial charge in [-0.3, -0.25) is 0 Å². The highest BCUT2D eigenvalue weighted by atomic mass is 16.3. The SMILES string of the molecule is C[C@]12CC[C@H]3[C@@H](CC=C4C[C@@H](O)CC[C@@]43C)[C@H]1CC[C@H]2CO. The van der Waals surface area contributed by atoms with E-state index in [4.69, 9.17) is 0 Å². The molecule has 0 saturated heterocycles. The first-order valence-corrected chi connectivity index (χ1v) is 9.47. The van der Waals surface area contributed by atoms with E-state index in [-0.39, 0.29) is 6.10 Å². The Bertz CT molecular complexity index is 484. The molecule has 4 aliphatic carbocycles. The lowest BCUT2D eigenvalue weighted by Gasteiger charge is -2.58. The van der Waals surface area contributed by atoms with Crippen LogP contribution in [0.4, 0.5) is 0 Å². The van der Waals surface area contributed by atoms with Crippen molar-refractivity contribution in [3.05, 3.63) is 11.6 Å². The normalized spacial score (nSPS) is 54.2. The lowest BCUT2D eigenvalue weighted by atomic mass is 9.47. The second-order valence-electron chi connectivity index (χ2n) is 9.16. The van der Waals surface area contributed by atoms with Gasteiger partial charge in [0, 0.05) is 6.61 Å². The Kier molecular flexibility index (Phi) is 3.51. The van der Waals surface area contributed by atoms with E-state index >= 15 is 0 Å². The van der Waals surface area contributed by atoms with Crippen LogP contribution >= 0.6 is 0 Å². The monoisotopic (exact) mass is 304 g/mol. The number of hydrogen-bond acceptors (Lipinski definition) is 2. The topological polar surface area (TPSA) is 40.5 Å². The van der Waals surface area contributed by atoms with E-state index in [1.54, 1.807) is 5.57 Å². The maximum atomic E-state index is 10.0. The van der Waals surface area contributed by atoms with Crippen molar-refractivity contribution < 1.29 is 10.2 Å². The van der Waals surface area contributed by atoms with Gasteiger partial charge in [0.25, 0.3) is 0 Å². The van der Waals surface area contributed by atoms with Crippen LogP contribution < -0.4 is 0 Å². The van der Waals surface area contributed by atoms with Crippen LogP contribution in [0.1, 0.15) is 65.2 Å². The average molecular weight is 304 g/mol. The minimum Gasteiger partial charge on any atom is -0.396 e. The Morgan fingerprint density at radius 2 is 1.91 bits per heavy atom. The maximum Gasteiger partial charge on any atom is 0.0577 e. The minimum atomic E-state index is -0.102. The molecule has 0 aromatic heterocycles. The van der Waals surface area contributed by atoms with Crippen molar-refractivity contribution in [1.29, 1.82) is 0 Å². The number of rotatable bonds is 1.